The zero-order chi connectivity index (χ0) is 26.5. The smallest absolute Gasteiger partial charge is 0.343 e. The van der Waals surface area contributed by atoms with E-state index in [9.17, 15) is 14.7 Å². The van der Waals surface area contributed by atoms with E-state index in [1.807, 2.05) is 0 Å². The summed E-state index contributed by atoms with van der Waals surface area (Å²) in [5.41, 5.74) is 1.47. The van der Waals surface area contributed by atoms with Gasteiger partial charge in [0, 0.05) is 6.07 Å². The maximum absolute atomic E-state index is 12.5. The van der Waals surface area contributed by atoms with Crippen molar-refractivity contribution in [2.75, 3.05) is 13.2 Å². The molecule has 0 atom stereocenters. The summed E-state index contributed by atoms with van der Waals surface area (Å²) in [6, 6.07) is 17.5. The van der Waals surface area contributed by atoms with E-state index in [2.05, 4.69) is 17.2 Å². The molecule has 0 saturated heterocycles. The van der Waals surface area contributed by atoms with Crippen LogP contribution in [0, 0.1) is 0 Å². The zero-order valence-corrected chi connectivity index (χ0v) is 21.2. The van der Waals surface area contributed by atoms with Crippen molar-refractivity contribution in [3.63, 3.8) is 0 Å². The Morgan fingerprint density at radius 2 is 1.41 bits per heavy atom. The summed E-state index contributed by atoms with van der Waals surface area (Å²) < 4.78 is 16.0. The van der Waals surface area contributed by atoms with Crippen LogP contribution in [0.5, 0.6) is 17.2 Å². The molecule has 0 unspecified atom stereocenters. The van der Waals surface area contributed by atoms with E-state index < -0.39 is 11.9 Å². The second kappa shape index (κ2) is 14.4. The van der Waals surface area contributed by atoms with Crippen molar-refractivity contribution in [2.45, 2.75) is 46.0 Å². The van der Waals surface area contributed by atoms with Crippen LogP contribution < -0.4 is 9.47 Å². The van der Waals surface area contributed by atoms with Crippen LogP contribution in [-0.4, -0.2) is 30.3 Å². The predicted molar refractivity (Wildman–Crippen MR) is 140 cm³/mol. The van der Waals surface area contributed by atoms with Gasteiger partial charge >= 0.3 is 11.9 Å². The Kier molecular flexibility index (Phi) is 10.6. The molecule has 0 bridgehead atoms. The summed E-state index contributed by atoms with van der Waals surface area (Å²) in [7, 11) is 0. The van der Waals surface area contributed by atoms with E-state index in [1.165, 1.54) is 37.5 Å². The largest absolute Gasteiger partial charge is 0.505 e. The molecule has 0 aliphatic heterocycles. The number of azo groups is 1. The molecule has 3 aromatic carbocycles. The number of carbonyl (C=O) groups is 2. The van der Waals surface area contributed by atoms with Gasteiger partial charge in [-0.05, 0) is 74.0 Å². The van der Waals surface area contributed by atoms with E-state index >= 15 is 0 Å². The molecule has 0 fully saturated rings. The second-order valence-corrected chi connectivity index (χ2v) is 8.29. The van der Waals surface area contributed by atoms with Crippen molar-refractivity contribution in [1.29, 1.82) is 0 Å². The van der Waals surface area contributed by atoms with Crippen molar-refractivity contribution >= 4 is 23.3 Å². The number of nitrogens with zero attached hydrogens (tertiary/aromatic N) is 2. The van der Waals surface area contributed by atoms with Gasteiger partial charge in [-0.3, -0.25) is 0 Å². The number of hydrogen-bond acceptors (Lipinski definition) is 8. The monoisotopic (exact) mass is 504 g/mol. The summed E-state index contributed by atoms with van der Waals surface area (Å²) in [6.45, 7) is 4.87. The maximum Gasteiger partial charge on any atom is 0.343 e. The van der Waals surface area contributed by atoms with Gasteiger partial charge in [0.05, 0.1) is 30.0 Å². The molecule has 1 N–H and O–H groups in total. The fraction of sp³-hybridized carbons (Fsp3) is 0.310. The molecule has 0 spiro atoms. The Bertz CT molecular complexity index is 1190. The lowest BCUT2D eigenvalue weighted by Gasteiger charge is -2.08. The van der Waals surface area contributed by atoms with E-state index in [1.54, 1.807) is 55.5 Å². The molecule has 0 heterocycles. The fourth-order valence-electron chi connectivity index (χ4n) is 3.39. The summed E-state index contributed by atoms with van der Waals surface area (Å²) in [6.07, 6.45) is 5.83. The SMILES string of the molecule is CCCCCCCOc1ccc(C(=O)Oc2ccc(N=Nc3ccc(C(=O)OCC)cc3)c(O)c2)cc1. The van der Waals surface area contributed by atoms with Gasteiger partial charge in [-0.1, -0.05) is 32.6 Å². The van der Waals surface area contributed by atoms with Gasteiger partial charge in [-0.2, -0.15) is 5.11 Å². The minimum atomic E-state index is -0.554. The first kappa shape index (κ1) is 27.4. The molecular formula is C29H32N2O6. The van der Waals surface area contributed by atoms with Gasteiger partial charge in [0.25, 0.3) is 0 Å². The van der Waals surface area contributed by atoms with Crippen molar-refractivity contribution in [2.24, 2.45) is 10.2 Å². The molecule has 0 aromatic heterocycles. The first-order chi connectivity index (χ1) is 18.0. The number of ether oxygens (including phenoxy) is 3. The number of unbranched alkanes of at least 4 members (excludes halogenated alkanes) is 4. The van der Waals surface area contributed by atoms with Crippen molar-refractivity contribution < 1.29 is 28.9 Å². The van der Waals surface area contributed by atoms with Crippen LogP contribution in [0.1, 0.15) is 66.7 Å². The summed E-state index contributed by atoms with van der Waals surface area (Å²) in [5.74, 6) is -0.282. The van der Waals surface area contributed by atoms with Gasteiger partial charge < -0.3 is 19.3 Å². The molecular weight excluding hydrogens is 472 g/mol. The van der Waals surface area contributed by atoms with Gasteiger partial charge in [-0.25, -0.2) is 9.59 Å². The van der Waals surface area contributed by atoms with Gasteiger partial charge in [0.2, 0.25) is 0 Å². The Morgan fingerprint density at radius 3 is 2.08 bits per heavy atom. The number of carbonyl (C=O) groups excluding carboxylic acids is 2. The number of benzene rings is 3. The summed E-state index contributed by atoms with van der Waals surface area (Å²) in [4.78, 5) is 24.2. The number of phenols is 1. The molecule has 3 rings (SSSR count). The highest BCUT2D eigenvalue weighted by Gasteiger charge is 2.11. The molecule has 194 valence electrons. The average molecular weight is 505 g/mol. The molecule has 3 aromatic rings. The lowest BCUT2D eigenvalue weighted by atomic mass is 10.2. The zero-order valence-electron chi connectivity index (χ0n) is 21.2. The summed E-state index contributed by atoms with van der Waals surface area (Å²) >= 11 is 0. The number of aromatic hydroxyl groups is 1. The van der Waals surface area contributed by atoms with Crippen LogP contribution in [0.3, 0.4) is 0 Å². The third-order valence-electron chi connectivity index (χ3n) is 5.42. The lowest BCUT2D eigenvalue weighted by Crippen LogP contribution is -2.08. The van der Waals surface area contributed by atoms with Crippen LogP contribution in [-0.2, 0) is 4.74 Å². The average Bonchev–Trinajstić information content (AvgIpc) is 2.91. The van der Waals surface area contributed by atoms with Gasteiger partial charge in [-0.15, -0.1) is 5.11 Å². The predicted octanol–water partition coefficient (Wildman–Crippen LogP) is 7.55. The van der Waals surface area contributed by atoms with Crippen LogP contribution >= 0.6 is 0 Å². The van der Waals surface area contributed by atoms with E-state index in [0.717, 1.165) is 12.8 Å². The third-order valence-corrected chi connectivity index (χ3v) is 5.42. The Balaban J connectivity index is 1.52. The van der Waals surface area contributed by atoms with Crippen molar-refractivity contribution in [1.82, 2.24) is 0 Å². The number of hydrogen-bond donors (Lipinski definition) is 1. The molecule has 0 aliphatic carbocycles. The highest BCUT2D eigenvalue weighted by Crippen LogP contribution is 2.32. The maximum atomic E-state index is 12.5. The molecule has 8 heteroatoms. The van der Waals surface area contributed by atoms with Crippen LogP contribution in [0.4, 0.5) is 11.4 Å². The molecule has 37 heavy (non-hydrogen) atoms. The lowest BCUT2D eigenvalue weighted by molar-refractivity contribution is 0.0526. The van der Waals surface area contributed by atoms with Crippen LogP contribution in [0.2, 0.25) is 0 Å². The molecule has 0 aliphatic rings. The number of esters is 2. The standard InChI is InChI=1S/C29H32N2O6/c1-3-5-6-7-8-19-36-24-15-11-22(12-16-24)29(34)37-25-17-18-26(27(32)20-25)31-30-23-13-9-21(10-14-23)28(33)35-4-2/h9-18,20,32H,3-8,19H2,1-2H3. The normalized spacial score (nSPS) is 10.9. The minimum absolute atomic E-state index is 0.174. The molecule has 0 amide bonds. The fourth-order valence-corrected chi connectivity index (χ4v) is 3.39. The first-order valence-electron chi connectivity index (χ1n) is 12.5. The van der Waals surface area contributed by atoms with E-state index in [-0.39, 0.29) is 17.2 Å². The second-order valence-electron chi connectivity index (χ2n) is 8.29. The Hall–Kier alpha value is -4.20. The highest BCUT2D eigenvalue weighted by atomic mass is 16.5. The molecule has 0 radical (unpaired) electrons. The minimum Gasteiger partial charge on any atom is -0.505 e. The number of rotatable bonds is 13. The first-order valence-corrected chi connectivity index (χ1v) is 12.5. The van der Waals surface area contributed by atoms with Gasteiger partial charge in [0.1, 0.15) is 22.9 Å². The molecule has 0 saturated carbocycles. The topological polar surface area (TPSA) is 107 Å². The van der Waals surface area contributed by atoms with Crippen molar-refractivity contribution in [3.05, 3.63) is 77.9 Å². The van der Waals surface area contributed by atoms with E-state index in [4.69, 9.17) is 14.2 Å². The summed E-state index contributed by atoms with van der Waals surface area (Å²) in [5, 5.41) is 18.4. The molecule has 8 nitrogen and oxygen atoms in total. The highest BCUT2D eigenvalue weighted by molar-refractivity contribution is 5.91. The number of phenolic OH excluding ortho intramolecular Hbond substituents is 1. The third kappa shape index (κ3) is 8.75. The Morgan fingerprint density at radius 1 is 0.757 bits per heavy atom. The van der Waals surface area contributed by atoms with Crippen molar-refractivity contribution in [3.8, 4) is 17.2 Å². The van der Waals surface area contributed by atoms with Crippen LogP contribution in [0.25, 0.3) is 0 Å². The van der Waals surface area contributed by atoms with E-state index in [0.29, 0.717) is 35.8 Å². The van der Waals surface area contributed by atoms with Gasteiger partial charge in [0.15, 0.2) is 0 Å². The van der Waals surface area contributed by atoms with Crippen LogP contribution in [0.15, 0.2) is 77.0 Å². The Labute approximate surface area is 216 Å². The quantitative estimate of drug-likeness (QED) is 0.111.